The Morgan fingerprint density at radius 3 is 1.50 bits per heavy atom. The third-order valence-electron chi connectivity index (χ3n) is 0. The van der Waals surface area contributed by atoms with E-state index >= 15 is 0 Å². The molecular weight excluding hydrogens is 382 g/mol. The summed E-state index contributed by atoms with van der Waals surface area (Å²) in [5, 5.41) is 0. The van der Waals surface area contributed by atoms with E-state index in [4.69, 9.17) is 9.19 Å². The molecule has 0 rings (SSSR count). The zero-order chi connectivity index (χ0) is 3.58. The van der Waals surface area contributed by atoms with Crippen LogP contribution in [0.15, 0.2) is 0 Å². The van der Waals surface area contributed by atoms with E-state index in [1.807, 2.05) is 0 Å². The molecule has 4 heteroatoms. The van der Waals surface area contributed by atoms with Gasteiger partial charge >= 0.3 is 57.0 Å². The van der Waals surface area contributed by atoms with Gasteiger partial charge in [0.2, 0.25) is 0 Å². The second-order valence-electron chi connectivity index (χ2n) is 0.192. The van der Waals surface area contributed by atoms with E-state index in [1.165, 1.54) is 0 Å². The van der Waals surface area contributed by atoms with E-state index in [1.54, 1.807) is 0 Å². The van der Waals surface area contributed by atoms with Crippen molar-refractivity contribution in [1.29, 1.82) is 0 Å². The summed E-state index contributed by atoms with van der Waals surface area (Å²) in [5.41, 5.74) is 0. The Balaban J connectivity index is 2.32. The minimum absolute atomic E-state index is 1.04. The summed E-state index contributed by atoms with van der Waals surface area (Å²) in [6.07, 6.45) is 0. The van der Waals surface area contributed by atoms with Gasteiger partial charge in [0.15, 0.2) is 0 Å². The Hall–Kier alpha value is 2.49. The molecule has 0 spiro atoms. The quantitative estimate of drug-likeness (QED) is 0.446. The Kier molecular flexibility index (Phi) is 5.96. The van der Waals surface area contributed by atoms with Gasteiger partial charge in [-0.15, -0.1) is 0 Å². The average molecular weight is 382 g/mol. The Morgan fingerprint density at radius 1 is 1.50 bits per heavy atom. The molecule has 0 fully saturated rings. The molecule has 26 valence electrons. The van der Waals surface area contributed by atoms with E-state index in [0.29, 0.717) is 0 Å². The van der Waals surface area contributed by atoms with E-state index in [2.05, 4.69) is 38.0 Å². The van der Waals surface area contributed by atoms with Crippen LogP contribution < -0.4 is 0 Å². The fraction of sp³-hybridized carbons (Fsp3) is 0. The number of halogens is 3. The van der Waals surface area contributed by atoms with Crippen molar-refractivity contribution in [2.24, 2.45) is 0 Å². The van der Waals surface area contributed by atoms with Crippen molar-refractivity contribution < 1.29 is 9.73 Å². The first-order valence-corrected chi connectivity index (χ1v) is 16.4. The molecule has 0 bridgehead atoms. The van der Waals surface area contributed by atoms with E-state index in [9.17, 15) is 0 Å². The maximum atomic E-state index is 5.43. The van der Waals surface area contributed by atoms with Crippen LogP contribution in [0.1, 0.15) is 0 Å². The Bertz CT molecular complexity index is 10.8. The van der Waals surface area contributed by atoms with Crippen LogP contribution in [0, 0.1) is 0 Å². The summed E-state index contributed by atoms with van der Waals surface area (Å²) in [6.45, 7) is 0. The summed E-state index contributed by atoms with van der Waals surface area (Å²) in [6, 6.07) is 0. The molecule has 0 aromatic heterocycles. The summed E-state index contributed by atoms with van der Waals surface area (Å²) in [7, 11) is 4.39. The van der Waals surface area contributed by atoms with Crippen molar-refractivity contribution in [1.82, 2.24) is 0 Å². The van der Waals surface area contributed by atoms with Gasteiger partial charge in [-0.3, -0.25) is 0 Å². The first-order chi connectivity index (χ1) is 1.73. The Labute approximate surface area is 55.7 Å². The summed E-state index contributed by atoms with van der Waals surface area (Å²) >= 11 is 4.56. The summed E-state index contributed by atoms with van der Waals surface area (Å²) in [4.78, 5) is 0. The standard InChI is InChI=1S/ClH.2HI.Nb/h3*1H;/q;;;+3/p-3. The van der Waals surface area contributed by atoms with Crippen LogP contribution in [0.2, 0.25) is 0 Å². The van der Waals surface area contributed by atoms with Crippen LogP contribution in [0.5, 0.6) is 0 Å². The molecule has 0 aromatic rings. The zero-order valence-electron chi connectivity index (χ0n) is 1.58. The van der Waals surface area contributed by atoms with Gasteiger partial charge in [0.25, 0.3) is 0 Å². The first-order valence-electron chi connectivity index (χ1n) is 0.507. The van der Waals surface area contributed by atoms with Crippen molar-refractivity contribution in [3.8, 4) is 0 Å². The van der Waals surface area contributed by atoms with Crippen molar-refractivity contribution >= 4 is 47.2 Å². The molecule has 0 nitrogen and oxygen atoms in total. The minimum atomic E-state index is -1.04. The molecule has 0 radical (unpaired) electrons. The molecule has 0 heterocycles. The van der Waals surface area contributed by atoms with Crippen LogP contribution in [-0.2, 0) is 9.73 Å². The molecule has 0 unspecified atom stereocenters. The summed E-state index contributed by atoms with van der Waals surface area (Å²) < 4.78 is 0. The fourth-order valence-electron chi connectivity index (χ4n) is 0. The van der Waals surface area contributed by atoms with E-state index in [-0.39, 0.29) is 0 Å². The third kappa shape index (κ3) is 8.82. The molecule has 0 aliphatic rings. The van der Waals surface area contributed by atoms with Crippen LogP contribution in [-0.4, -0.2) is 0 Å². The second-order valence-corrected chi connectivity index (χ2v) is 32.2. The predicted molar refractivity (Wildman–Crippen MR) is 33.9 cm³/mol. The van der Waals surface area contributed by atoms with Crippen molar-refractivity contribution in [2.45, 2.75) is 0 Å². The topological polar surface area (TPSA) is 0 Å². The monoisotopic (exact) mass is 382 g/mol. The van der Waals surface area contributed by atoms with Gasteiger partial charge in [-0.05, 0) is 0 Å². The van der Waals surface area contributed by atoms with Crippen molar-refractivity contribution in [3.63, 3.8) is 0 Å². The Morgan fingerprint density at radius 2 is 1.50 bits per heavy atom. The molecule has 0 amide bonds. The van der Waals surface area contributed by atoms with Crippen molar-refractivity contribution in [3.05, 3.63) is 0 Å². The van der Waals surface area contributed by atoms with Crippen LogP contribution in [0.4, 0.5) is 0 Å². The zero-order valence-corrected chi connectivity index (χ0v) is 8.85. The van der Waals surface area contributed by atoms with Gasteiger partial charge in [-0.25, -0.2) is 0 Å². The van der Waals surface area contributed by atoms with Gasteiger partial charge in [0, 0.05) is 0 Å². The van der Waals surface area contributed by atoms with E-state index < -0.39 is 9.73 Å². The third-order valence-corrected chi connectivity index (χ3v) is 0. The van der Waals surface area contributed by atoms with Gasteiger partial charge in [0.05, 0.1) is 0 Å². The van der Waals surface area contributed by atoms with E-state index in [0.717, 1.165) is 0 Å². The van der Waals surface area contributed by atoms with Gasteiger partial charge in [-0.2, -0.15) is 0 Å². The fourth-order valence-corrected chi connectivity index (χ4v) is 0. The average Bonchev–Trinajstić information content (AvgIpc) is 0.811. The second kappa shape index (κ2) is 3.67. The number of rotatable bonds is 0. The molecular formula is ClI2Nb. The van der Waals surface area contributed by atoms with Crippen LogP contribution >= 0.6 is 47.2 Å². The number of hydrogen-bond acceptors (Lipinski definition) is 0. The molecule has 0 aromatic carbocycles. The van der Waals surface area contributed by atoms with Gasteiger partial charge in [0.1, 0.15) is 0 Å². The van der Waals surface area contributed by atoms with Crippen molar-refractivity contribution in [2.75, 3.05) is 0 Å². The SMILES string of the molecule is [Cl][Nb]([I])[I]. The molecule has 0 aliphatic carbocycles. The molecule has 0 atom stereocenters. The molecule has 0 saturated heterocycles. The molecule has 0 aliphatic heterocycles. The summed E-state index contributed by atoms with van der Waals surface area (Å²) in [5.74, 6) is 0. The van der Waals surface area contributed by atoms with Gasteiger partial charge < -0.3 is 0 Å². The normalized spacial score (nSPS) is 9.00. The molecule has 0 N–H and O–H groups in total. The maximum absolute atomic E-state index is 5.43. The molecule has 0 saturated carbocycles. The van der Waals surface area contributed by atoms with Crippen LogP contribution in [0.3, 0.4) is 0 Å². The first kappa shape index (κ1) is 6.49. The predicted octanol–water partition coefficient (Wildman–Crippen LogP) is 2.46. The number of hydrogen-bond donors (Lipinski definition) is 0. The van der Waals surface area contributed by atoms with Gasteiger partial charge in [-0.1, -0.05) is 0 Å². The molecule has 4 heavy (non-hydrogen) atoms. The van der Waals surface area contributed by atoms with Crippen LogP contribution in [0.25, 0.3) is 0 Å².